The predicted molar refractivity (Wildman–Crippen MR) is 73.4 cm³/mol. The molecule has 2 rings (SSSR count). The Morgan fingerprint density at radius 3 is 2.78 bits per heavy atom. The van der Waals surface area contributed by atoms with E-state index in [4.69, 9.17) is 5.26 Å². The summed E-state index contributed by atoms with van der Waals surface area (Å²) in [5.74, 6) is 0.591. The first kappa shape index (κ1) is 12.6. The highest BCUT2D eigenvalue weighted by atomic mass is 15.0. The number of hydrogen-bond acceptors (Lipinski definition) is 2. The number of nitrogens with zero attached hydrogens (tertiary/aromatic N) is 3. The Labute approximate surface area is 108 Å². The van der Waals surface area contributed by atoms with Crippen LogP contribution in [0.3, 0.4) is 0 Å². The summed E-state index contributed by atoms with van der Waals surface area (Å²) in [4.78, 5) is 4.39. The maximum Gasteiger partial charge on any atom is 0.142 e. The van der Waals surface area contributed by atoms with Crippen molar-refractivity contribution in [2.75, 3.05) is 0 Å². The van der Waals surface area contributed by atoms with Gasteiger partial charge in [-0.3, -0.25) is 0 Å². The van der Waals surface area contributed by atoms with Crippen molar-refractivity contribution in [3.05, 3.63) is 29.6 Å². The van der Waals surface area contributed by atoms with Gasteiger partial charge in [-0.15, -0.1) is 0 Å². The van der Waals surface area contributed by atoms with E-state index in [0.717, 1.165) is 12.1 Å². The summed E-state index contributed by atoms with van der Waals surface area (Å²) in [6.07, 6.45) is 5.71. The van der Waals surface area contributed by atoms with Crippen LogP contribution < -0.4 is 0 Å². The molecule has 0 aliphatic carbocycles. The lowest BCUT2D eigenvalue weighted by Crippen LogP contribution is -1.95. The minimum Gasteiger partial charge on any atom is -0.335 e. The van der Waals surface area contributed by atoms with E-state index in [9.17, 15) is 0 Å². The van der Waals surface area contributed by atoms with Crippen LogP contribution in [-0.2, 0) is 7.05 Å². The first-order valence-corrected chi connectivity index (χ1v) is 6.57. The zero-order valence-corrected chi connectivity index (χ0v) is 11.3. The van der Waals surface area contributed by atoms with Gasteiger partial charge in [0, 0.05) is 18.6 Å². The quantitative estimate of drug-likeness (QED) is 0.818. The number of aryl methyl sites for hydroxylation is 1. The van der Waals surface area contributed by atoms with Crippen molar-refractivity contribution in [2.45, 2.75) is 39.0 Å². The van der Waals surface area contributed by atoms with Crippen LogP contribution in [0.15, 0.2) is 18.3 Å². The Balaban J connectivity index is 2.56. The molecule has 0 aliphatic heterocycles. The molecular formula is C15H19N3. The Hall–Kier alpha value is -1.82. The van der Waals surface area contributed by atoms with Crippen LogP contribution in [0.5, 0.6) is 0 Å². The lowest BCUT2D eigenvalue weighted by atomic mass is 9.92. The summed E-state index contributed by atoms with van der Waals surface area (Å²) < 4.78 is 2.03. The van der Waals surface area contributed by atoms with Crippen molar-refractivity contribution in [3.8, 4) is 6.07 Å². The van der Waals surface area contributed by atoms with Crippen molar-refractivity contribution >= 4 is 11.0 Å². The molecule has 18 heavy (non-hydrogen) atoms. The van der Waals surface area contributed by atoms with E-state index < -0.39 is 0 Å². The van der Waals surface area contributed by atoms with E-state index in [-0.39, 0.29) is 0 Å². The van der Waals surface area contributed by atoms with Gasteiger partial charge < -0.3 is 4.57 Å². The third-order valence-electron chi connectivity index (χ3n) is 3.54. The van der Waals surface area contributed by atoms with Crippen LogP contribution in [0.1, 0.15) is 50.3 Å². The van der Waals surface area contributed by atoms with E-state index in [1.807, 2.05) is 23.7 Å². The van der Waals surface area contributed by atoms with Gasteiger partial charge in [-0.2, -0.15) is 5.26 Å². The minimum atomic E-state index is 0.485. The largest absolute Gasteiger partial charge is 0.335 e. The number of rotatable bonds is 4. The van der Waals surface area contributed by atoms with Crippen LogP contribution in [0, 0.1) is 11.3 Å². The summed E-state index contributed by atoms with van der Waals surface area (Å²) >= 11 is 0. The van der Waals surface area contributed by atoms with E-state index in [2.05, 4.69) is 31.1 Å². The normalized spacial score (nSPS) is 12.6. The predicted octanol–water partition coefficient (Wildman–Crippen LogP) is 3.74. The Bertz CT molecular complexity index is 590. The zero-order valence-electron chi connectivity index (χ0n) is 11.3. The summed E-state index contributed by atoms with van der Waals surface area (Å²) in [5, 5.41) is 10.1. The van der Waals surface area contributed by atoms with Gasteiger partial charge in [0.05, 0.1) is 0 Å². The van der Waals surface area contributed by atoms with E-state index in [1.54, 1.807) is 0 Å². The maximum atomic E-state index is 8.91. The van der Waals surface area contributed by atoms with Gasteiger partial charge >= 0.3 is 0 Å². The molecule has 1 unspecified atom stereocenters. The van der Waals surface area contributed by atoms with Crippen molar-refractivity contribution < 1.29 is 0 Å². The summed E-state index contributed by atoms with van der Waals surface area (Å²) in [7, 11) is 2.00. The summed E-state index contributed by atoms with van der Waals surface area (Å²) in [6.45, 7) is 4.45. The van der Waals surface area contributed by atoms with Crippen LogP contribution in [-0.4, -0.2) is 9.55 Å². The molecule has 0 bridgehead atoms. The topological polar surface area (TPSA) is 41.6 Å². The first-order valence-electron chi connectivity index (χ1n) is 6.57. The van der Waals surface area contributed by atoms with Crippen LogP contribution in [0.2, 0.25) is 0 Å². The van der Waals surface area contributed by atoms with Crippen molar-refractivity contribution in [1.29, 1.82) is 5.26 Å². The molecule has 0 saturated heterocycles. The van der Waals surface area contributed by atoms with Gasteiger partial charge in [-0.25, -0.2) is 4.98 Å². The molecule has 0 saturated carbocycles. The number of aromatic nitrogens is 2. The van der Waals surface area contributed by atoms with Gasteiger partial charge in [-0.1, -0.05) is 20.3 Å². The third-order valence-corrected chi connectivity index (χ3v) is 3.54. The van der Waals surface area contributed by atoms with E-state index in [1.165, 1.54) is 23.8 Å². The fourth-order valence-electron chi connectivity index (χ4n) is 2.60. The molecule has 0 radical (unpaired) electrons. The Kier molecular flexibility index (Phi) is 3.66. The molecule has 1 atom stereocenters. The molecule has 0 N–H and O–H groups in total. The highest BCUT2D eigenvalue weighted by molar-refractivity contribution is 5.81. The van der Waals surface area contributed by atoms with Crippen molar-refractivity contribution in [3.63, 3.8) is 0 Å². The van der Waals surface area contributed by atoms with Gasteiger partial charge in [-0.05, 0) is 36.5 Å². The van der Waals surface area contributed by atoms with Crippen LogP contribution in [0.4, 0.5) is 0 Å². The smallest absolute Gasteiger partial charge is 0.142 e. The Morgan fingerprint density at radius 2 is 2.17 bits per heavy atom. The zero-order chi connectivity index (χ0) is 13.1. The first-order chi connectivity index (χ1) is 8.71. The highest BCUT2D eigenvalue weighted by Crippen LogP contribution is 2.31. The second-order valence-electron chi connectivity index (χ2n) is 4.77. The number of nitriles is 1. The SMILES string of the molecule is CCCC(CC)c1cn(C)c2nc(C#N)ccc12. The molecular weight excluding hydrogens is 222 g/mol. The van der Waals surface area contributed by atoms with Crippen molar-refractivity contribution in [1.82, 2.24) is 9.55 Å². The second kappa shape index (κ2) is 5.22. The molecule has 0 aromatic carbocycles. The Morgan fingerprint density at radius 1 is 1.39 bits per heavy atom. The molecule has 2 aromatic rings. The van der Waals surface area contributed by atoms with Gasteiger partial charge in [0.15, 0.2) is 0 Å². The maximum absolute atomic E-state index is 8.91. The average molecular weight is 241 g/mol. The second-order valence-corrected chi connectivity index (χ2v) is 4.77. The molecule has 3 nitrogen and oxygen atoms in total. The highest BCUT2D eigenvalue weighted by Gasteiger charge is 2.16. The minimum absolute atomic E-state index is 0.485. The molecule has 0 amide bonds. The van der Waals surface area contributed by atoms with Gasteiger partial charge in [0.2, 0.25) is 0 Å². The molecule has 0 spiro atoms. The van der Waals surface area contributed by atoms with E-state index in [0.29, 0.717) is 11.6 Å². The fraction of sp³-hybridized carbons (Fsp3) is 0.467. The lowest BCUT2D eigenvalue weighted by Gasteiger charge is -2.12. The summed E-state index contributed by atoms with van der Waals surface area (Å²) in [5.41, 5.74) is 2.77. The van der Waals surface area contributed by atoms with Crippen LogP contribution >= 0.6 is 0 Å². The fourth-order valence-corrected chi connectivity index (χ4v) is 2.60. The molecule has 94 valence electrons. The summed E-state index contributed by atoms with van der Waals surface area (Å²) in [6, 6.07) is 5.95. The third kappa shape index (κ3) is 2.11. The average Bonchev–Trinajstić information content (AvgIpc) is 2.73. The molecule has 0 fully saturated rings. The molecule has 0 aliphatic rings. The lowest BCUT2D eigenvalue weighted by molar-refractivity contribution is 0.598. The molecule has 2 heterocycles. The van der Waals surface area contributed by atoms with E-state index >= 15 is 0 Å². The number of pyridine rings is 1. The van der Waals surface area contributed by atoms with Crippen LogP contribution in [0.25, 0.3) is 11.0 Å². The number of fused-ring (bicyclic) bond motifs is 1. The number of hydrogen-bond donors (Lipinski definition) is 0. The van der Waals surface area contributed by atoms with Gasteiger partial charge in [0.1, 0.15) is 17.4 Å². The standard InChI is InChI=1S/C15H19N3/c1-4-6-11(5-2)14-10-18(3)15-13(14)8-7-12(9-16)17-15/h7-8,10-11H,4-6H2,1-3H3. The monoisotopic (exact) mass is 241 g/mol. The van der Waals surface area contributed by atoms with Crippen molar-refractivity contribution in [2.24, 2.45) is 7.05 Å². The molecule has 2 aromatic heterocycles. The van der Waals surface area contributed by atoms with Gasteiger partial charge in [0.25, 0.3) is 0 Å². The molecule has 3 heteroatoms.